The summed E-state index contributed by atoms with van der Waals surface area (Å²) in [5, 5.41) is 0. The minimum Gasteiger partial charge on any atom is -0.461 e. The Kier molecular flexibility index (Phi) is 3.25. The molecule has 0 N–H and O–H groups in total. The second-order valence-corrected chi connectivity index (χ2v) is 2.00. The van der Waals surface area contributed by atoms with Crippen LogP contribution in [-0.2, 0) is 19.0 Å². The molecule has 1 aliphatic rings. The maximum atomic E-state index is 11.5. The van der Waals surface area contributed by atoms with Crippen LogP contribution in [-0.4, -0.2) is 38.8 Å². The molecule has 0 aromatic carbocycles. The average Bonchev–Trinajstić information content (AvgIpc) is 2.52. The second-order valence-electron chi connectivity index (χ2n) is 2.00. The zero-order valence-electron chi connectivity index (χ0n) is 5.92. The van der Waals surface area contributed by atoms with Crippen LogP contribution < -0.4 is 0 Å². The number of carbonyl (C=O) groups excluding carboxylic acids is 1. The molecule has 4 nitrogen and oxygen atoms in total. The van der Waals surface area contributed by atoms with Gasteiger partial charge in [-0.2, -0.15) is 0 Å². The van der Waals surface area contributed by atoms with Crippen molar-refractivity contribution in [3.63, 3.8) is 0 Å². The predicted molar refractivity (Wildman–Crippen MR) is 32.6 cm³/mol. The molecule has 1 unspecified atom stereocenters. The van der Waals surface area contributed by atoms with Crippen LogP contribution in [0.1, 0.15) is 0 Å². The summed E-state index contributed by atoms with van der Waals surface area (Å²) in [5.41, 5.74) is 0. The standard InChI is InChI=1S/C6H9FO4/c7-1-2-10-6(8)5-3-9-4-11-5/h5H,1-4H2. The lowest BCUT2D eigenvalue weighted by molar-refractivity contribution is -0.154. The van der Waals surface area contributed by atoms with Crippen molar-refractivity contribution < 1.29 is 23.4 Å². The van der Waals surface area contributed by atoms with Crippen LogP contribution in [0.25, 0.3) is 0 Å². The Bertz CT molecular complexity index is 133. The monoisotopic (exact) mass is 164 g/mol. The molecule has 0 radical (unpaired) electrons. The lowest BCUT2D eigenvalue weighted by atomic mass is 10.4. The fourth-order valence-electron chi connectivity index (χ4n) is 0.702. The van der Waals surface area contributed by atoms with E-state index in [1.165, 1.54) is 0 Å². The third kappa shape index (κ3) is 2.44. The van der Waals surface area contributed by atoms with Gasteiger partial charge in [0.15, 0.2) is 6.10 Å². The van der Waals surface area contributed by atoms with E-state index in [2.05, 4.69) is 4.74 Å². The maximum Gasteiger partial charge on any atom is 0.337 e. The summed E-state index contributed by atoms with van der Waals surface area (Å²) in [7, 11) is 0. The molecule has 64 valence electrons. The van der Waals surface area contributed by atoms with E-state index in [4.69, 9.17) is 9.47 Å². The Hall–Kier alpha value is -0.680. The van der Waals surface area contributed by atoms with Gasteiger partial charge < -0.3 is 14.2 Å². The van der Waals surface area contributed by atoms with E-state index in [1.807, 2.05) is 0 Å². The van der Waals surface area contributed by atoms with Gasteiger partial charge in [0, 0.05) is 0 Å². The molecule has 1 saturated heterocycles. The number of halogens is 1. The molecule has 0 spiro atoms. The van der Waals surface area contributed by atoms with Crippen molar-refractivity contribution in [3.8, 4) is 0 Å². The SMILES string of the molecule is O=C(OCCF)C1COCO1. The third-order valence-corrected chi connectivity index (χ3v) is 1.21. The van der Waals surface area contributed by atoms with Crippen LogP contribution >= 0.6 is 0 Å². The highest BCUT2D eigenvalue weighted by atomic mass is 19.1. The Morgan fingerprint density at radius 3 is 3.09 bits per heavy atom. The largest absolute Gasteiger partial charge is 0.461 e. The van der Waals surface area contributed by atoms with Crippen LogP contribution in [0.5, 0.6) is 0 Å². The van der Waals surface area contributed by atoms with Crippen molar-refractivity contribution >= 4 is 5.97 Å². The zero-order valence-corrected chi connectivity index (χ0v) is 5.92. The van der Waals surface area contributed by atoms with Crippen molar-refractivity contribution in [2.75, 3.05) is 26.7 Å². The highest BCUT2D eigenvalue weighted by Crippen LogP contribution is 2.04. The van der Waals surface area contributed by atoms with Crippen LogP contribution in [0.3, 0.4) is 0 Å². The van der Waals surface area contributed by atoms with Gasteiger partial charge in [-0.3, -0.25) is 0 Å². The van der Waals surface area contributed by atoms with Gasteiger partial charge in [-0.1, -0.05) is 0 Å². The lowest BCUT2D eigenvalue weighted by Gasteiger charge is -2.05. The van der Waals surface area contributed by atoms with E-state index < -0.39 is 18.7 Å². The lowest BCUT2D eigenvalue weighted by Crippen LogP contribution is -2.25. The van der Waals surface area contributed by atoms with Crippen molar-refractivity contribution in [3.05, 3.63) is 0 Å². The van der Waals surface area contributed by atoms with Crippen molar-refractivity contribution in [1.82, 2.24) is 0 Å². The van der Waals surface area contributed by atoms with Gasteiger partial charge in [-0.15, -0.1) is 0 Å². The number of ether oxygens (including phenoxy) is 3. The predicted octanol–water partition coefficient (Wildman–Crippen LogP) is -0.128. The van der Waals surface area contributed by atoms with E-state index in [-0.39, 0.29) is 20.0 Å². The smallest absolute Gasteiger partial charge is 0.337 e. The van der Waals surface area contributed by atoms with E-state index in [9.17, 15) is 9.18 Å². The molecule has 11 heavy (non-hydrogen) atoms. The molecular formula is C6H9FO4. The quantitative estimate of drug-likeness (QED) is 0.545. The number of hydrogen-bond donors (Lipinski definition) is 0. The minimum atomic E-state index is -0.667. The molecule has 1 aliphatic heterocycles. The molecule has 1 atom stereocenters. The number of esters is 1. The van der Waals surface area contributed by atoms with Gasteiger partial charge in [0.1, 0.15) is 20.1 Å². The minimum absolute atomic E-state index is 0.107. The highest BCUT2D eigenvalue weighted by Gasteiger charge is 2.25. The number of hydrogen-bond acceptors (Lipinski definition) is 4. The molecule has 0 aliphatic carbocycles. The normalized spacial score (nSPS) is 23.5. The number of rotatable bonds is 3. The molecule has 0 saturated carbocycles. The molecule has 1 fully saturated rings. The summed E-state index contributed by atoms with van der Waals surface area (Å²) >= 11 is 0. The van der Waals surface area contributed by atoms with E-state index in [1.54, 1.807) is 0 Å². The van der Waals surface area contributed by atoms with E-state index in [0.29, 0.717) is 0 Å². The molecular weight excluding hydrogens is 155 g/mol. The van der Waals surface area contributed by atoms with E-state index in [0.717, 1.165) is 0 Å². The highest BCUT2D eigenvalue weighted by molar-refractivity contribution is 5.75. The Morgan fingerprint density at radius 1 is 1.73 bits per heavy atom. The van der Waals surface area contributed by atoms with Gasteiger partial charge in [-0.05, 0) is 0 Å². The molecule has 5 heteroatoms. The van der Waals surface area contributed by atoms with Gasteiger partial charge >= 0.3 is 5.97 Å². The first-order chi connectivity index (χ1) is 5.34. The Morgan fingerprint density at radius 2 is 2.55 bits per heavy atom. The maximum absolute atomic E-state index is 11.5. The van der Waals surface area contributed by atoms with Crippen molar-refractivity contribution in [2.45, 2.75) is 6.10 Å². The first-order valence-corrected chi connectivity index (χ1v) is 3.26. The molecule has 0 amide bonds. The van der Waals surface area contributed by atoms with Crippen LogP contribution in [0.2, 0.25) is 0 Å². The van der Waals surface area contributed by atoms with Gasteiger partial charge in [0.25, 0.3) is 0 Å². The molecule has 0 aromatic heterocycles. The van der Waals surface area contributed by atoms with Gasteiger partial charge in [0.2, 0.25) is 0 Å². The molecule has 1 rings (SSSR count). The summed E-state index contributed by atoms with van der Waals surface area (Å²) in [6, 6.07) is 0. The fourth-order valence-corrected chi connectivity index (χ4v) is 0.702. The summed E-state index contributed by atoms with van der Waals surface area (Å²) in [4.78, 5) is 10.8. The van der Waals surface area contributed by atoms with Gasteiger partial charge in [-0.25, -0.2) is 9.18 Å². The first kappa shape index (κ1) is 8.42. The topological polar surface area (TPSA) is 44.8 Å². The zero-order chi connectivity index (χ0) is 8.10. The first-order valence-electron chi connectivity index (χ1n) is 3.26. The van der Waals surface area contributed by atoms with Crippen molar-refractivity contribution in [2.24, 2.45) is 0 Å². The average molecular weight is 164 g/mol. The molecule has 0 aromatic rings. The van der Waals surface area contributed by atoms with Crippen LogP contribution in [0.15, 0.2) is 0 Å². The molecule has 0 bridgehead atoms. The van der Waals surface area contributed by atoms with Crippen LogP contribution in [0.4, 0.5) is 4.39 Å². The van der Waals surface area contributed by atoms with Gasteiger partial charge in [0.05, 0.1) is 6.61 Å². The van der Waals surface area contributed by atoms with E-state index >= 15 is 0 Å². The van der Waals surface area contributed by atoms with Crippen molar-refractivity contribution in [1.29, 1.82) is 0 Å². The third-order valence-electron chi connectivity index (χ3n) is 1.21. The van der Waals surface area contributed by atoms with Crippen LogP contribution in [0, 0.1) is 0 Å². The Balaban J connectivity index is 2.17. The number of carbonyl (C=O) groups is 1. The summed E-state index contributed by atoms with van der Waals surface area (Å²) in [6.45, 7) is -0.571. The fraction of sp³-hybridized carbons (Fsp3) is 0.833. The summed E-state index contributed by atoms with van der Waals surface area (Å²) in [6.07, 6.45) is -0.665. The Labute approximate surface area is 63.2 Å². The summed E-state index contributed by atoms with van der Waals surface area (Å²) in [5.74, 6) is -0.555. The molecule has 1 heterocycles. The number of alkyl halides is 1. The second kappa shape index (κ2) is 4.25. The summed E-state index contributed by atoms with van der Waals surface area (Å²) < 4.78 is 25.5.